The van der Waals surface area contributed by atoms with Crippen molar-refractivity contribution in [1.29, 1.82) is 0 Å². The third-order valence-electron chi connectivity index (χ3n) is 3.09. The Hall–Kier alpha value is -1.75. The highest BCUT2D eigenvalue weighted by Gasteiger charge is 2.18. The molecule has 0 spiro atoms. The second kappa shape index (κ2) is 6.61. The van der Waals surface area contributed by atoms with Gasteiger partial charge >= 0.3 is 0 Å². The Kier molecular flexibility index (Phi) is 4.84. The molecule has 0 aliphatic heterocycles. The van der Waals surface area contributed by atoms with Crippen LogP contribution < -0.4 is 5.32 Å². The Morgan fingerprint density at radius 2 is 2.00 bits per heavy atom. The van der Waals surface area contributed by atoms with Crippen LogP contribution in [0.5, 0.6) is 0 Å². The lowest BCUT2D eigenvalue weighted by atomic mass is 10.1. The molecule has 0 aliphatic carbocycles. The standard InChI is InChI=1S/C15H19N3OS/c1-11(13-7-5-4-6-8-13)17-14(19)12(2)20-15-16-9-10-18(15)3/h4-12H,1-3H3,(H,17,19)/t11-,12-/m0/s1. The second-order valence-electron chi connectivity index (χ2n) is 4.72. The van der Waals surface area contributed by atoms with Crippen LogP contribution in [0.2, 0.25) is 0 Å². The predicted molar refractivity (Wildman–Crippen MR) is 81.5 cm³/mol. The molecule has 4 nitrogen and oxygen atoms in total. The number of imidazole rings is 1. The van der Waals surface area contributed by atoms with Crippen molar-refractivity contribution in [1.82, 2.24) is 14.9 Å². The number of rotatable bonds is 5. The van der Waals surface area contributed by atoms with Gasteiger partial charge in [-0.05, 0) is 19.4 Å². The van der Waals surface area contributed by atoms with Crippen molar-refractivity contribution in [3.05, 3.63) is 48.3 Å². The number of aryl methyl sites for hydroxylation is 1. The monoisotopic (exact) mass is 289 g/mol. The third-order valence-corrected chi connectivity index (χ3v) is 4.26. The summed E-state index contributed by atoms with van der Waals surface area (Å²) in [6.07, 6.45) is 3.61. The van der Waals surface area contributed by atoms with Gasteiger partial charge in [-0.15, -0.1) is 0 Å². The number of nitrogens with one attached hydrogen (secondary N) is 1. The first kappa shape index (κ1) is 14.7. The molecule has 1 aromatic heterocycles. The maximum absolute atomic E-state index is 12.2. The fraction of sp³-hybridized carbons (Fsp3) is 0.333. The van der Waals surface area contributed by atoms with Crippen LogP contribution in [-0.4, -0.2) is 20.7 Å². The second-order valence-corrected chi connectivity index (χ2v) is 6.03. The van der Waals surface area contributed by atoms with E-state index in [4.69, 9.17) is 0 Å². The highest BCUT2D eigenvalue weighted by atomic mass is 32.2. The topological polar surface area (TPSA) is 46.9 Å². The zero-order valence-electron chi connectivity index (χ0n) is 11.9. The largest absolute Gasteiger partial charge is 0.349 e. The van der Waals surface area contributed by atoms with Gasteiger partial charge in [0.25, 0.3) is 0 Å². The molecule has 5 heteroatoms. The number of aromatic nitrogens is 2. The summed E-state index contributed by atoms with van der Waals surface area (Å²) in [5.41, 5.74) is 1.11. The van der Waals surface area contributed by atoms with Gasteiger partial charge in [0, 0.05) is 19.4 Å². The Bertz CT molecular complexity index is 568. The molecule has 0 saturated carbocycles. The summed E-state index contributed by atoms with van der Waals surface area (Å²) in [6, 6.07) is 9.96. The molecule has 2 atom stereocenters. The van der Waals surface area contributed by atoms with Crippen molar-refractivity contribution in [2.45, 2.75) is 30.3 Å². The number of thioether (sulfide) groups is 1. The van der Waals surface area contributed by atoms with E-state index in [1.165, 1.54) is 11.8 Å². The van der Waals surface area contributed by atoms with E-state index in [1.807, 2.05) is 62.0 Å². The van der Waals surface area contributed by atoms with Gasteiger partial charge in [0.05, 0.1) is 11.3 Å². The average molecular weight is 289 g/mol. The van der Waals surface area contributed by atoms with Crippen LogP contribution in [0.3, 0.4) is 0 Å². The van der Waals surface area contributed by atoms with Gasteiger partial charge in [0.15, 0.2) is 5.16 Å². The lowest BCUT2D eigenvalue weighted by Crippen LogP contribution is -2.33. The van der Waals surface area contributed by atoms with E-state index in [1.54, 1.807) is 6.20 Å². The van der Waals surface area contributed by atoms with Crippen LogP contribution in [0.4, 0.5) is 0 Å². The van der Waals surface area contributed by atoms with Crippen molar-refractivity contribution in [3.63, 3.8) is 0 Å². The SMILES string of the molecule is C[C@H](Sc1nccn1C)C(=O)N[C@@H](C)c1ccccc1. The van der Waals surface area contributed by atoms with Crippen LogP contribution in [0.1, 0.15) is 25.5 Å². The maximum Gasteiger partial charge on any atom is 0.233 e. The van der Waals surface area contributed by atoms with E-state index < -0.39 is 0 Å². The van der Waals surface area contributed by atoms with Crippen molar-refractivity contribution >= 4 is 17.7 Å². The van der Waals surface area contributed by atoms with Gasteiger partial charge < -0.3 is 9.88 Å². The molecule has 1 amide bonds. The minimum absolute atomic E-state index is 0.00752. The normalized spacial score (nSPS) is 13.8. The minimum atomic E-state index is -0.178. The molecule has 20 heavy (non-hydrogen) atoms. The zero-order valence-corrected chi connectivity index (χ0v) is 12.7. The smallest absolute Gasteiger partial charge is 0.233 e. The van der Waals surface area contributed by atoms with Gasteiger partial charge in [-0.2, -0.15) is 0 Å². The molecule has 2 aromatic rings. The number of nitrogens with zero attached hydrogens (tertiary/aromatic N) is 2. The molecule has 1 heterocycles. The molecule has 1 N–H and O–H groups in total. The fourth-order valence-electron chi connectivity index (χ4n) is 1.83. The third kappa shape index (κ3) is 3.63. The zero-order chi connectivity index (χ0) is 14.5. The Balaban J connectivity index is 1.93. The molecule has 0 radical (unpaired) electrons. The Morgan fingerprint density at radius 3 is 2.60 bits per heavy atom. The van der Waals surface area contributed by atoms with Crippen molar-refractivity contribution in [2.24, 2.45) is 7.05 Å². The molecule has 0 aliphatic rings. The molecule has 0 bridgehead atoms. The first-order valence-corrected chi connectivity index (χ1v) is 7.45. The highest BCUT2D eigenvalue weighted by Crippen LogP contribution is 2.21. The van der Waals surface area contributed by atoms with Crippen LogP contribution in [0.25, 0.3) is 0 Å². The summed E-state index contributed by atoms with van der Waals surface area (Å²) in [5, 5.41) is 3.70. The van der Waals surface area contributed by atoms with Gasteiger partial charge in [-0.25, -0.2) is 4.98 Å². The highest BCUT2D eigenvalue weighted by molar-refractivity contribution is 8.00. The fourth-order valence-corrected chi connectivity index (χ4v) is 2.67. The van der Waals surface area contributed by atoms with Crippen LogP contribution in [-0.2, 0) is 11.8 Å². The van der Waals surface area contributed by atoms with Gasteiger partial charge in [-0.3, -0.25) is 4.79 Å². The molecule has 0 fully saturated rings. The van der Waals surface area contributed by atoms with E-state index in [0.717, 1.165) is 10.7 Å². The van der Waals surface area contributed by atoms with E-state index in [2.05, 4.69) is 10.3 Å². The number of hydrogen-bond acceptors (Lipinski definition) is 3. The summed E-state index contributed by atoms with van der Waals surface area (Å²) in [4.78, 5) is 16.4. The maximum atomic E-state index is 12.2. The minimum Gasteiger partial charge on any atom is -0.349 e. The predicted octanol–water partition coefficient (Wildman–Crippen LogP) is 2.78. The molecule has 2 rings (SSSR count). The van der Waals surface area contributed by atoms with Crippen molar-refractivity contribution in [2.75, 3.05) is 0 Å². The molecule has 0 unspecified atom stereocenters. The van der Waals surface area contributed by atoms with Gasteiger partial charge in [0.1, 0.15) is 0 Å². The average Bonchev–Trinajstić information content (AvgIpc) is 2.85. The molecule has 1 aromatic carbocycles. The Morgan fingerprint density at radius 1 is 1.30 bits per heavy atom. The first-order valence-electron chi connectivity index (χ1n) is 6.57. The van der Waals surface area contributed by atoms with E-state index in [9.17, 15) is 4.79 Å². The van der Waals surface area contributed by atoms with E-state index >= 15 is 0 Å². The lowest BCUT2D eigenvalue weighted by Gasteiger charge is -2.17. The number of hydrogen-bond donors (Lipinski definition) is 1. The van der Waals surface area contributed by atoms with E-state index in [-0.39, 0.29) is 17.2 Å². The molecular weight excluding hydrogens is 270 g/mol. The summed E-state index contributed by atoms with van der Waals surface area (Å²) < 4.78 is 1.91. The molecule has 0 saturated heterocycles. The van der Waals surface area contributed by atoms with Crippen molar-refractivity contribution < 1.29 is 4.79 Å². The molecule has 106 valence electrons. The van der Waals surface area contributed by atoms with Crippen LogP contribution in [0.15, 0.2) is 47.9 Å². The van der Waals surface area contributed by atoms with Crippen LogP contribution in [0, 0.1) is 0 Å². The number of carbonyl (C=O) groups excluding carboxylic acids is 1. The van der Waals surface area contributed by atoms with E-state index in [0.29, 0.717) is 0 Å². The van der Waals surface area contributed by atoms with Crippen LogP contribution >= 0.6 is 11.8 Å². The summed E-state index contributed by atoms with van der Waals surface area (Å²) in [5.74, 6) is 0.0225. The molecular formula is C15H19N3OS. The van der Waals surface area contributed by atoms with Crippen molar-refractivity contribution in [3.8, 4) is 0 Å². The number of carbonyl (C=O) groups is 1. The summed E-state index contributed by atoms with van der Waals surface area (Å²) >= 11 is 1.46. The Labute approximate surface area is 123 Å². The summed E-state index contributed by atoms with van der Waals surface area (Å²) in [6.45, 7) is 3.89. The first-order chi connectivity index (χ1) is 9.58. The lowest BCUT2D eigenvalue weighted by molar-refractivity contribution is -0.120. The quantitative estimate of drug-likeness (QED) is 0.861. The van der Waals surface area contributed by atoms with Gasteiger partial charge in [0.2, 0.25) is 5.91 Å². The van der Waals surface area contributed by atoms with Gasteiger partial charge in [-0.1, -0.05) is 42.1 Å². The summed E-state index contributed by atoms with van der Waals surface area (Å²) in [7, 11) is 1.92. The number of amides is 1. The number of benzene rings is 1.